The molecule has 3 heterocycles. The standard InChI is InChI=1S/C13H9BrN4O/c14-9-5-16-10(12-2-1-3-19-12)4-8(9)11-6-18-13(15)7-17-11/h1-7H,(H2,15,18). The molecule has 94 valence electrons. The molecule has 0 aliphatic heterocycles. The van der Waals surface area contributed by atoms with Crippen molar-refractivity contribution in [1.29, 1.82) is 0 Å². The molecule has 0 aromatic carbocycles. The maximum absolute atomic E-state index is 5.54. The zero-order valence-electron chi connectivity index (χ0n) is 9.75. The second-order valence-corrected chi connectivity index (χ2v) is 4.71. The lowest BCUT2D eigenvalue weighted by atomic mass is 10.1. The quantitative estimate of drug-likeness (QED) is 0.785. The summed E-state index contributed by atoms with van der Waals surface area (Å²) in [5.74, 6) is 1.09. The van der Waals surface area contributed by atoms with E-state index in [0.29, 0.717) is 11.6 Å². The van der Waals surface area contributed by atoms with E-state index in [1.54, 1.807) is 18.7 Å². The number of rotatable bonds is 2. The number of nitrogens with zero attached hydrogens (tertiary/aromatic N) is 3. The first-order valence-electron chi connectivity index (χ1n) is 5.51. The van der Waals surface area contributed by atoms with Crippen LogP contribution in [0.2, 0.25) is 0 Å². The van der Waals surface area contributed by atoms with Crippen molar-refractivity contribution in [2.75, 3.05) is 5.73 Å². The second-order valence-electron chi connectivity index (χ2n) is 3.85. The van der Waals surface area contributed by atoms with Crippen molar-refractivity contribution >= 4 is 21.7 Å². The number of nitrogens with two attached hydrogens (primary N) is 1. The Morgan fingerprint density at radius 2 is 1.89 bits per heavy atom. The minimum atomic E-state index is 0.389. The number of aromatic nitrogens is 3. The SMILES string of the molecule is Nc1cnc(-c2cc(-c3ccco3)ncc2Br)cn1. The third kappa shape index (κ3) is 2.34. The topological polar surface area (TPSA) is 77.8 Å². The first-order chi connectivity index (χ1) is 9.24. The van der Waals surface area contributed by atoms with Gasteiger partial charge < -0.3 is 10.2 Å². The molecule has 19 heavy (non-hydrogen) atoms. The molecule has 0 bridgehead atoms. The molecule has 0 fully saturated rings. The predicted molar refractivity (Wildman–Crippen MR) is 75.1 cm³/mol. The molecule has 0 amide bonds. The number of nitrogen functional groups attached to an aromatic ring is 1. The second kappa shape index (κ2) is 4.81. The molecule has 0 atom stereocenters. The van der Waals surface area contributed by atoms with E-state index in [4.69, 9.17) is 10.2 Å². The molecule has 0 aliphatic rings. The summed E-state index contributed by atoms with van der Waals surface area (Å²) in [4.78, 5) is 12.6. The Bertz CT molecular complexity index is 695. The molecule has 0 saturated carbocycles. The average Bonchev–Trinajstić information content (AvgIpc) is 2.94. The Balaban J connectivity index is 2.10. The van der Waals surface area contributed by atoms with Gasteiger partial charge in [0.05, 0.1) is 24.4 Å². The number of pyridine rings is 1. The van der Waals surface area contributed by atoms with E-state index in [2.05, 4.69) is 30.9 Å². The van der Waals surface area contributed by atoms with Crippen molar-refractivity contribution in [3.8, 4) is 22.7 Å². The molecule has 0 spiro atoms. The van der Waals surface area contributed by atoms with Crippen LogP contribution in [0, 0.1) is 0 Å². The van der Waals surface area contributed by atoms with Crippen LogP contribution in [0.25, 0.3) is 22.7 Å². The molecule has 0 aliphatic carbocycles. The van der Waals surface area contributed by atoms with Gasteiger partial charge in [0.2, 0.25) is 0 Å². The van der Waals surface area contributed by atoms with Gasteiger partial charge >= 0.3 is 0 Å². The van der Waals surface area contributed by atoms with Gasteiger partial charge in [0, 0.05) is 16.2 Å². The Morgan fingerprint density at radius 1 is 1.05 bits per heavy atom. The van der Waals surface area contributed by atoms with E-state index < -0.39 is 0 Å². The lowest BCUT2D eigenvalue weighted by Crippen LogP contribution is -1.94. The predicted octanol–water partition coefficient (Wildman–Crippen LogP) is 3.14. The van der Waals surface area contributed by atoms with Gasteiger partial charge in [0.1, 0.15) is 11.5 Å². The highest BCUT2D eigenvalue weighted by Crippen LogP contribution is 2.29. The summed E-state index contributed by atoms with van der Waals surface area (Å²) in [7, 11) is 0. The van der Waals surface area contributed by atoms with Gasteiger partial charge in [-0.1, -0.05) is 0 Å². The van der Waals surface area contributed by atoms with Crippen LogP contribution in [0.5, 0.6) is 0 Å². The first-order valence-corrected chi connectivity index (χ1v) is 6.30. The summed E-state index contributed by atoms with van der Waals surface area (Å²) in [5, 5.41) is 0. The summed E-state index contributed by atoms with van der Waals surface area (Å²) >= 11 is 3.46. The minimum Gasteiger partial charge on any atom is -0.463 e. The van der Waals surface area contributed by atoms with Crippen molar-refractivity contribution in [1.82, 2.24) is 15.0 Å². The number of anilines is 1. The van der Waals surface area contributed by atoms with Crippen molar-refractivity contribution < 1.29 is 4.42 Å². The first kappa shape index (κ1) is 11.9. The van der Waals surface area contributed by atoms with Gasteiger partial charge in [0.15, 0.2) is 5.76 Å². The Hall–Kier alpha value is -2.21. The van der Waals surface area contributed by atoms with Crippen molar-refractivity contribution in [3.63, 3.8) is 0 Å². The monoisotopic (exact) mass is 316 g/mol. The Morgan fingerprint density at radius 3 is 2.58 bits per heavy atom. The molecule has 5 nitrogen and oxygen atoms in total. The smallest absolute Gasteiger partial charge is 0.152 e. The molecular weight excluding hydrogens is 308 g/mol. The maximum atomic E-state index is 5.54. The highest BCUT2D eigenvalue weighted by molar-refractivity contribution is 9.10. The molecule has 0 unspecified atom stereocenters. The molecule has 0 saturated heterocycles. The zero-order chi connectivity index (χ0) is 13.2. The van der Waals surface area contributed by atoms with E-state index in [9.17, 15) is 0 Å². The van der Waals surface area contributed by atoms with E-state index in [0.717, 1.165) is 21.4 Å². The van der Waals surface area contributed by atoms with E-state index in [1.165, 1.54) is 6.20 Å². The fraction of sp³-hybridized carbons (Fsp3) is 0. The Labute approximate surface area is 117 Å². The zero-order valence-corrected chi connectivity index (χ0v) is 11.3. The van der Waals surface area contributed by atoms with Crippen LogP contribution < -0.4 is 5.73 Å². The minimum absolute atomic E-state index is 0.389. The number of furan rings is 1. The highest BCUT2D eigenvalue weighted by Gasteiger charge is 2.10. The van der Waals surface area contributed by atoms with Crippen LogP contribution in [0.3, 0.4) is 0 Å². The molecular formula is C13H9BrN4O. The van der Waals surface area contributed by atoms with Gasteiger partial charge in [-0.05, 0) is 34.1 Å². The number of hydrogen-bond donors (Lipinski definition) is 1. The third-order valence-electron chi connectivity index (χ3n) is 2.58. The molecule has 2 N–H and O–H groups in total. The summed E-state index contributed by atoms with van der Waals surface area (Å²) in [5.41, 5.74) is 7.88. The Kier molecular flexibility index (Phi) is 3.00. The van der Waals surface area contributed by atoms with E-state index >= 15 is 0 Å². The fourth-order valence-electron chi connectivity index (χ4n) is 1.67. The van der Waals surface area contributed by atoms with Crippen LogP contribution in [-0.4, -0.2) is 15.0 Å². The van der Waals surface area contributed by atoms with E-state index in [1.807, 2.05) is 18.2 Å². The van der Waals surface area contributed by atoms with Crippen LogP contribution in [-0.2, 0) is 0 Å². The van der Waals surface area contributed by atoms with Gasteiger partial charge in [-0.25, -0.2) is 4.98 Å². The summed E-state index contributed by atoms with van der Waals surface area (Å²) in [6.07, 6.45) is 6.48. The number of hydrogen-bond acceptors (Lipinski definition) is 5. The highest BCUT2D eigenvalue weighted by atomic mass is 79.9. The van der Waals surface area contributed by atoms with Crippen molar-refractivity contribution in [2.45, 2.75) is 0 Å². The summed E-state index contributed by atoms with van der Waals surface area (Å²) in [6.45, 7) is 0. The van der Waals surface area contributed by atoms with Crippen molar-refractivity contribution in [2.24, 2.45) is 0 Å². The summed E-state index contributed by atoms with van der Waals surface area (Å²) in [6, 6.07) is 5.57. The normalized spacial score (nSPS) is 10.6. The van der Waals surface area contributed by atoms with Gasteiger partial charge in [-0.15, -0.1) is 0 Å². The molecule has 3 aromatic heterocycles. The molecule has 6 heteroatoms. The maximum Gasteiger partial charge on any atom is 0.152 e. The average molecular weight is 317 g/mol. The molecule has 3 rings (SSSR count). The van der Waals surface area contributed by atoms with Crippen LogP contribution in [0.1, 0.15) is 0 Å². The largest absolute Gasteiger partial charge is 0.463 e. The number of halogens is 1. The molecule has 3 aromatic rings. The fourth-order valence-corrected chi connectivity index (χ4v) is 2.09. The van der Waals surface area contributed by atoms with Gasteiger partial charge in [-0.3, -0.25) is 9.97 Å². The lowest BCUT2D eigenvalue weighted by molar-refractivity contribution is 0.580. The molecule has 0 radical (unpaired) electrons. The van der Waals surface area contributed by atoms with Gasteiger partial charge in [0.25, 0.3) is 0 Å². The summed E-state index contributed by atoms with van der Waals surface area (Å²) < 4.78 is 6.17. The van der Waals surface area contributed by atoms with Crippen LogP contribution in [0.15, 0.2) is 51.9 Å². The van der Waals surface area contributed by atoms with Crippen LogP contribution >= 0.6 is 15.9 Å². The van der Waals surface area contributed by atoms with E-state index in [-0.39, 0.29) is 0 Å². The van der Waals surface area contributed by atoms with Gasteiger partial charge in [-0.2, -0.15) is 0 Å². The lowest BCUT2D eigenvalue weighted by Gasteiger charge is -2.05. The van der Waals surface area contributed by atoms with Crippen LogP contribution in [0.4, 0.5) is 5.82 Å². The van der Waals surface area contributed by atoms with Crippen molar-refractivity contribution in [3.05, 3.63) is 47.5 Å². The third-order valence-corrected chi connectivity index (χ3v) is 3.21.